The Hall–Kier alpha value is -1.66. The van der Waals surface area contributed by atoms with E-state index in [1.807, 2.05) is 12.1 Å². The molecule has 5 nitrogen and oxygen atoms in total. The molecule has 1 fully saturated rings. The molecule has 0 unspecified atom stereocenters. The van der Waals surface area contributed by atoms with Crippen LogP contribution in [0.25, 0.3) is 10.2 Å². The first kappa shape index (κ1) is 11.4. The van der Waals surface area contributed by atoms with Crippen molar-refractivity contribution in [2.45, 2.75) is 12.8 Å². The topological polar surface area (TPSA) is 68.5 Å². The number of anilines is 1. The van der Waals surface area contributed by atoms with Crippen molar-refractivity contribution in [1.29, 1.82) is 0 Å². The molecular weight excluding hydrogens is 250 g/mol. The van der Waals surface area contributed by atoms with Gasteiger partial charge in [0.15, 0.2) is 5.13 Å². The molecular formula is C12H13N3O2S. The number of hydroxylamine groups is 2. The number of benzene rings is 1. The highest BCUT2D eigenvalue weighted by Crippen LogP contribution is 2.25. The zero-order chi connectivity index (χ0) is 12.5. The van der Waals surface area contributed by atoms with Crippen LogP contribution in [0.15, 0.2) is 18.2 Å². The summed E-state index contributed by atoms with van der Waals surface area (Å²) in [7, 11) is 0. The van der Waals surface area contributed by atoms with Gasteiger partial charge in [0.1, 0.15) is 0 Å². The molecule has 94 valence electrons. The summed E-state index contributed by atoms with van der Waals surface area (Å²) in [6.07, 6.45) is 2.00. The SMILES string of the molecule is Nc1nc2ccc(C(=O)N3CCCCO3)cc2s1. The summed E-state index contributed by atoms with van der Waals surface area (Å²) in [6, 6.07) is 5.41. The average Bonchev–Trinajstić information content (AvgIpc) is 2.78. The number of thiazole rings is 1. The third kappa shape index (κ3) is 2.04. The van der Waals surface area contributed by atoms with Crippen molar-refractivity contribution >= 4 is 32.6 Å². The van der Waals surface area contributed by atoms with Crippen LogP contribution < -0.4 is 5.73 Å². The van der Waals surface area contributed by atoms with Crippen LogP contribution in [0.1, 0.15) is 23.2 Å². The second-order valence-electron chi connectivity index (χ2n) is 4.18. The van der Waals surface area contributed by atoms with Crippen molar-refractivity contribution in [2.75, 3.05) is 18.9 Å². The second-order valence-corrected chi connectivity index (χ2v) is 5.24. The van der Waals surface area contributed by atoms with Crippen molar-refractivity contribution in [3.05, 3.63) is 23.8 Å². The zero-order valence-corrected chi connectivity index (χ0v) is 10.6. The number of hydrogen-bond donors (Lipinski definition) is 1. The monoisotopic (exact) mass is 263 g/mol. The maximum absolute atomic E-state index is 12.2. The van der Waals surface area contributed by atoms with Crippen LogP contribution in [0.5, 0.6) is 0 Å². The summed E-state index contributed by atoms with van der Waals surface area (Å²) in [5.74, 6) is -0.0939. The van der Waals surface area contributed by atoms with Crippen LogP contribution in [-0.4, -0.2) is 29.1 Å². The molecule has 6 heteroatoms. The van der Waals surface area contributed by atoms with E-state index >= 15 is 0 Å². The highest BCUT2D eigenvalue weighted by Gasteiger charge is 2.19. The number of rotatable bonds is 1. The van der Waals surface area contributed by atoms with Gasteiger partial charge in [-0.05, 0) is 31.0 Å². The van der Waals surface area contributed by atoms with Crippen molar-refractivity contribution in [2.24, 2.45) is 0 Å². The van der Waals surface area contributed by atoms with E-state index in [0.29, 0.717) is 23.8 Å². The molecule has 0 saturated carbocycles. The maximum Gasteiger partial charge on any atom is 0.277 e. The molecule has 0 spiro atoms. The molecule has 1 aliphatic rings. The molecule has 1 saturated heterocycles. The normalized spacial score (nSPS) is 16.1. The predicted octanol–water partition coefficient (Wildman–Crippen LogP) is 2.05. The van der Waals surface area contributed by atoms with Crippen LogP contribution in [0.3, 0.4) is 0 Å². The van der Waals surface area contributed by atoms with Crippen LogP contribution in [-0.2, 0) is 4.84 Å². The number of fused-ring (bicyclic) bond motifs is 1. The Morgan fingerprint density at radius 1 is 1.44 bits per heavy atom. The minimum Gasteiger partial charge on any atom is -0.375 e. The number of carbonyl (C=O) groups is 1. The summed E-state index contributed by atoms with van der Waals surface area (Å²) in [4.78, 5) is 21.7. The van der Waals surface area contributed by atoms with E-state index in [9.17, 15) is 4.79 Å². The molecule has 0 radical (unpaired) electrons. The van der Waals surface area contributed by atoms with Crippen molar-refractivity contribution in [3.8, 4) is 0 Å². The minimum absolute atomic E-state index is 0.0939. The molecule has 18 heavy (non-hydrogen) atoms. The van der Waals surface area contributed by atoms with Gasteiger partial charge < -0.3 is 5.73 Å². The number of nitrogens with zero attached hydrogens (tertiary/aromatic N) is 2. The first-order chi connectivity index (χ1) is 8.74. The van der Waals surface area contributed by atoms with Crippen LogP contribution >= 0.6 is 11.3 Å². The summed E-state index contributed by atoms with van der Waals surface area (Å²) in [5, 5.41) is 1.96. The van der Waals surface area contributed by atoms with Gasteiger partial charge in [-0.1, -0.05) is 11.3 Å². The van der Waals surface area contributed by atoms with Crippen LogP contribution in [0.2, 0.25) is 0 Å². The molecule has 2 aromatic rings. The van der Waals surface area contributed by atoms with E-state index in [1.165, 1.54) is 16.4 Å². The fourth-order valence-corrected chi connectivity index (χ4v) is 2.75. The quantitative estimate of drug-likeness (QED) is 0.855. The molecule has 1 aromatic carbocycles. The molecule has 0 bridgehead atoms. The second kappa shape index (κ2) is 4.55. The van der Waals surface area contributed by atoms with Gasteiger partial charge in [0.25, 0.3) is 5.91 Å². The average molecular weight is 263 g/mol. The van der Waals surface area contributed by atoms with Gasteiger partial charge in [0, 0.05) is 12.1 Å². The van der Waals surface area contributed by atoms with Crippen LogP contribution in [0.4, 0.5) is 5.13 Å². The Balaban J connectivity index is 1.90. The number of hydrogen-bond acceptors (Lipinski definition) is 5. The van der Waals surface area contributed by atoms with Gasteiger partial charge in [-0.2, -0.15) is 0 Å². The Morgan fingerprint density at radius 3 is 3.11 bits per heavy atom. The summed E-state index contributed by atoms with van der Waals surface area (Å²) < 4.78 is 0.926. The lowest BCUT2D eigenvalue weighted by molar-refractivity contribution is -0.144. The highest BCUT2D eigenvalue weighted by atomic mass is 32.1. The van der Waals surface area contributed by atoms with Gasteiger partial charge in [0.2, 0.25) is 0 Å². The molecule has 3 rings (SSSR count). The number of carbonyl (C=O) groups excluding carboxylic acids is 1. The molecule has 0 aliphatic carbocycles. The van der Waals surface area contributed by atoms with Gasteiger partial charge in [-0.3, -0.25) is 9.63 Å². The number of nitrogen functional groups attached to an aromatic ring is 1. The van der Waals surface area contributed by atoms with E-state index < -0.39 is 0 Å². The third-order valence-corrected chi connectivity index (χ3v) is 3.73. The van der Waals surface area contributed by atoms with Gasteiger partial charge >= 0.3 is 0 Å². The number of amides is 1. The molecule has 1 amide bonds. The lowest BCUT2D eigenvalue weighted by Gasteiger charge is -2.25. The van der Waals surface area contributed by atoms with E-state index in [2.05, 4.69) is 4.98 Å². The molecule has 1 aliphatic heterocycles. The Bertz CT molecular complexity index is 590. The maximum atomic E-state index is 12.2. The highest BCUT2D eigenvalue weighted by molar-refractivity contribution is 7.22. The summed E-state index contributed by atoms with van der Waals surface area (Å²) in [6.45, 7) is 1.27. The van der Waals surface area contributed by atoms with Crippen LogP contribution in [0, 0.1) is 0 Å². The lowest BCUT2D eigenvalue weighted by atomic mass is 10.2. The molecule has 0 atom stereocenters. The van der Waals surface area contributed by atoms with E-state index in [-0.39, 0.29) is 5.91 Å². The van der Waals surface area contributed by atoms with Crippen molar-refractivity contribution < 1.29 is 9.63 Å². The smallest absolute Gasteiger partial charge is 0.277 e. The minimum atomic E-state index is -0.0939. The standard InChI is InChI=1S/C12H13N3O2S/c13-12-14-9-4-3-8(7-10(9)18-12)11(16)15-5-1-2-6-17-15/h3-4,7H,1-2,5-6H2,(H2,13,14). The van der Waals surface area contributed by atoms with Crippen molar-refractivity contribution in [3.63, 3.8) is 0 Å². The fraction of sp³-hybridized carbons (Fsp3) is 0.333. The zero-order valence-electron chi connectivity index (χ0n) is 9.76. The van der Waals surface area contributed by atoms with E-state index in [1.54, 1.807) is 6.07 Å². The number of aromatic nitrogens is 1. The van der Waals surface area contributed by atoms with E-state index in [0.717, 1.165) is 23.1 Å². The predicted molar refractivity (Wildman–Crippen MR) is 70.3 cm³/mol. The molecule has 2 heterocycles. The summed E-state index contributed by atoms with van der Waals surface area (Å²) >= 11 is 1.39. The molecule has 2 N–H and O–H groups in total. The fourth-order valence-electron chi connectivity index (χ4n) is 1.98. The van der Waals surface area contributed by atoms with Gasteiger partial charge in [-0.25, -0.2) is 10.0 Å². The lowest BCUT2D eigenvalue weighted by Crippen LogP contribution is -2.35. The summed E-state index contributed by atoms with van der Waals surface area (Å²) in [5.41, 5.74) is 7.09. The Labute approximate surface area is 108 Å². The Morgan fingerprint density at radius 2 is 2.33 bits per heavy atom. The van der Waals surface area contributed by atoms with Gasteiger partial charge in [-0.15, -0.1) is 0 Å². The first-order valence-electron chi connectivity index (χ1n) is 5.85. The van der Waals surface area contributed by atoms with E-state index in [4.69, 9.17) is 10.6 Å². The molecule has 1 aromatic heterocycles. The number of nitrogens with two attached hydrogens (primary N) is 1. The first-order valence-corrected chi connectivity index (χ1v) is 6.66. The Kier molecular flexibility index (Phi) is 2.89. The van der Waals surface area contributed by atoms with Crippen molar-refractivity contribution in [1.82, 2.24) is 10.0 Å². The van der Waals surface area contributed by atoms with Gasteiger partial charge in [0.05, 0.1) is 16.8 Å². The third-order valence-electron chi connectivity index (χ3n) is 2.88. The largest absolute Gasteiger partial charge is 0.375 e.